The van der Waals surface area contributed by atoms with Crippen LogP contribution < -0.4 is 19.5 Å². The highest BCUT2D eigenvalue weighted by molar-refractivity contribution is 5.95. The summed E-state index contributed by atoms with van der Waals surface area (Å²) in [7, 11) is 4.51. The lowest BCUT2D eigenvalue weighted by molar-refractivity contribution is 0.0872. The first-order chi connectivity index (χ1) is 10.1. The van der Waals surface area contributed by atoms with Crippen LogP contribution in [0, 0.1) is 0 Å². The lowest BCUT2D eigenvalue weighted by Gasteiger charge is -2.18. The Morgan fingerprint density at radius 3 is 2.19 bits per heavy atom. The quantitative estimate of drug-likeness (QED) is 0.857. The number of rotatable bonds is 5. The summed E-state index contributed by atoms with van der Waals surface area (Å²) < 4.78 is 15.7. The summed E-state index contributed by atoms with van der Waals surface area (Å²) in [6.07, 6.45) is 1.95. The van der Waals surface area contributed by atoms with Crippen molar-refractivity contribution in [1.29, 1.82) is 0 Å². The number of aliphatic hydroxyl groups excluding tert-OH is 1. The van der Waals surface area contributed by atoms with E-state index in [1.165, 1.54) is 21.3 Å². The first-order valence-corrected chi connectivity index (χ1v) is 6.89. The Hall–Kier alpha value is -1.95. The van der Waals surface area contributed by atoms with Gasteiger partial charge in [-0.3, -0.25) is 4.79 Å². The van der Waals surface area contributed by atoms with E-state index in [1.54, 1.807) is 12.1 Å². The fourth-order valence-electron chi connectivity index (χ4n) is 2.57. The summed E-state index contributed by atoms with van der Waals surface area (Å²) in [5.41, 5.74) is 0.406. The van der Waals surface area contributed by atoms with Crippen LogP contribution in [-0.2, 0) is 0 Å². The molecule has 1 amide bonds. The zero-order chi connectivity index (χ0) is 15.4. The molecular weight excluding hydrogens is 274 g/mol. The highest BCUT2D eigenvalue weighted by Gasteiger charge is 2.27. The summed E-state index contributed by atoms with van der Waals surface area (Å²) >= 11 is 0. The average molecular weight is 295 g/mol. The molecule has 0 heterocycles. The zero-order valence-corrected chi connectivity index (χ0v) is 12.5. The lowest BCUT2D eigenvalue weighted by Crippen LogP contribution is -2.39. The minimum atomic E-state index is -0.476. The largest absolute Gasteiger partial charge is 0.493 e. The molecule has 1 aliphatic rings. The maximum atomic E-state index is 12.3. The van der Waals surface area contributed by atoms with E-state index in [1.807, 2.05) is 0 Å². The van der Waals surface area contributed by atoms with Crippen molar-refractivity contribution in [3.8, 4) is 17.2 Å². The Bertz CT molecular complexity index is 492. The molecule has 1 aromatic rings. The third kappa shape index (κ3) is 3.21. The fourth-order valence-corrected chi connectivity index (χ4v) is 2.57. The molecule has 1 fully saturated rings. The highest BCUT2D eigenvalue weighted by Crippen LogP contribution is 2.38. The van der Waals surface area contributed by atoms with Crippen LogP contribution in [0.1, 0.15) is 29.6 Å². The maximum absolute atomic E-state index is 12.3. The van der Waals surface area contributed by atoms with Crippen molar-refractivity contribution in [2.75, 3.05) is 21.3 Å². The number of methoxy groups -OCH3 is 3. The first kappa shape index (κ1) is 15.4. The van der Waals surface area contributed by atoms with Crippen molar-refractivity contribution < 1.29 is 24.1 Å². The second-order valence-electron chi connectivity index (χ2n) is 4.99. The summed E-state index contributed by atoms with van der Waals surface area (Å²) in [5, 5.41) is 12.6. The van der Waals surface area contributed by atoms with Crippen LogP contribution in [0.25, 0.3) is 0 Å². The normalized spacial score (nSPS) is 21.0. The van der Waals surface area contributed by atoms with Gasteiger partial charge in [0, 0.05) is 5.56 Å². The number of nitrogens with one attached hydrogen (secondary N) is 1. The molecule has 2 N–H and O–H groups in total. The molecule has 116 valence electrons. The van der Waals surface area contributed by atoms with E-state index in [9.17, 15) is 9.90 Å². The molecule has 1 aromatic carbocycles. The summed E-state index contributed by atoms with van der Waals surface area (Å²) in [4.78, 5) is 12.3. The Labute approximate surface area is 124 Å². The molecule has 6 nitrogen and oxygen atoms in total. The van der Waals surface area contributed by atoms with Crippen LogP contribution in [0.5, 0.6) is 17.2 Å². The van der Waals surface area contributed by atoms with Crippen molar-refractivity contribution in [3.05, 3.63) is 17.7 Å². The molecule has 1 aliphatic carbocycles. The SMILES string of the molecule is COc1cc(C(=O)NC2CCCC2O)cc(OC)c1OC. The second-order valence-corrected chi connectivity index (χ2v) is 4.99. The number of hydrogen-bond acceptors (Lipinski definition) is 5. The van der Waals surface area contributed by atoms with Gasteiger partial charge in [0.15, 0.2) is 11.5 Å². The van der Waals surface area contributed by atoms with E-state index in [4.69, 9.17) is 14.2 Å². The molecule has 0 bridgehead atoms. The molecule has 0 aromatic heterocycles. The summed E-state index contributed by atoms with van der Waals surface area (Å²) in [6.45, 7) is 0. The van der Waals surface area contributed by atoms with Crippen molar-refractivity contribution in [2.24, 2.45) is 0 Å². The van der Waals surface area contributed by atoms with Gasteiger partial charge in [-0.25, -0.2) is 0 Å². The molecule has 0 aliphatic heterocycles. The highest BCUT2D eigenvalue weighted by atomic mass is 16.5. The number of carbonyl (C=O) groups excluding carboxylic acids is 1. The second kappa shape index (κ2) is 6.67. The van der Waals surface area contributed by atoms with E-state index in [2.05, 4.69) is 5.32 Å². The lowest BCUT2D eigenvalue weighted by atomic mass is 10.1. The number of amides is 1. The van der Waals surface area contributed by atoms with Gasteiger partial charge in [-0.05, 0) is 31.4 Å². The molecule has 21 heavy (non-hydrogen) atoms. The zero-order valence-electron chi connectivity index (χ0n) is 12.5. The van der Waals surface area contributed by atoms with Crippen molar-refractivity contribution in [3.63, 3.8) is 0 Å². The number of ether oxygens (including phenoxy) is 3. The fraction of sp³-hybridized carbons (Fsp3) is 0.533. The number of carbonyl (C=O) groups is 1. The molecule has 2 unspecified atom stereocenters. The number of hydrogen-bond donors (Lipinski definition) is 2. The van der Waals surface area contributed by atoms with Crippen LogP contribution in [0.2, 0.25) is 0 Å². The van der Waals surface area contributed by atoms with Gasteiger partial charge in [-0.1, -0.05) is 0 Å². The standard InChI is InChI=1S/C15H21NO5/c1-19-12-7-9(8-13(20-2)14(12)21-3)15(18)16-10-5-4-6-11(10)17/h7-8,10-11,17H,4-6H2,1-3H3,(H,16,18). The Morgan fingerprint density at radius 1 is 1.14 bits per heavy atom. The van der Waals surface area contributed by atoms with Crippen molar-refractivity contribution in [1.82, 2.24) is 5.32 Å². The molecule has 2 rings (SSSR count). The molecule has 2 atom stereocenters. The van der Waals surface area contributed by atoms with E-state index >= 15 is 0 Å². The molecule has 0 radical (unpaired) electrons. The van der Waals surface area contributed by atoms with Gasteiger partial charge in [-0.15, -0.1) is 0 Å². The Morgan fingerprint density at radius 2 is 1.76 bits per heavy atom. The molecule has 1 saturated carbocycles. The molecule has 6 heteroatoms. The van der Waals surface area contributed by atoms with Gasteiger partial charge < -0.3 is 24.6 Å². The third-order valence-electron chi connectivity index (χ3n) is 3.72. The van der Waals surface area contributed by atoms with Crippen LogP contribution in [-0.4, -0.2) is 44.5 Å². The number of benzene rings is 1. The minimum absolute atomic E-state index is 0.198. The number of aliphatic hydroxyl groups is 1. The third-order valence-corrected chi connectivity index (χ3v) is 3.72. The topological polar surface area (TPSA) is 77.0 Å². The average Bonchev–Trinajstić information content (AvgIpc) is 2.90. The van der Waals surface area contributed by atoms with E-state index < -0.39 is 6.10 Å². The summed E-state index contributed by atoms with van der Waals surface area (Å²) in [5.74, 6) is 1.03. The van der Waals surface area contributed by atoms with Gasteiger partial charge in [0.05, 0.1) is 33.5 Å². The van der Waals surface area contributed by atoms with Crippen LogP contribution in [0.4, 0.5) is 0 Å². The summed E-state index contributed by atoms with van der Waals surface area (Å²) in [6, 6.07) is 2.99. The van der Waals surface area contributed by atoms with E-state index in [0.717, 1.165) is 19.3 Å². The minimum Gasteiger partial charge on any atom is -0.493 e. The Kier molecular flexibility index (Phi) is 4.90. The molecular formula is C15H21NO5. The van der Waals surface area contributed by atoms with Gasteiger partial charge in [0.2, 0.25) is 5.75 Å². The van der Waals surface area contributed by atoms with E-state index in [-0.39, 0.29) is 11.9 Å². The van der Waals surface area contributed by atoms with Gasteiger partial charge in [0.1, 0.15) is 0 Å². The van der Waals surface area contributed by atoms with Crippen LogP contribution >= 0.6 is 0 Å². The predicted octanol–water partition coefficient (Wildman–Crippen LogP) is 1.36. The van der Waals surface area contributed by atoms with Crippen molar-refractivity contribution >= 4 is 5.91 Å². The van der Waals surface area contributed by atoms with Gasteiger partial charge >= 0.3 is 0 Å². The monoisotopic (exact) mass is 295 g/mol. The molecule has 0 saturated heterocycles. The van der Waals surface area contributed by atoms with Crippen LogP contribution in [0.15, 0.2) is 12.1 Å². The van der Waals surface area contributed by atoms with Crippen molar-refractivity contribution in [2.45, 2.75) is 31.4 Å². The smallest absolute Gasteiger partial charge is 0.251 e. The first-order valence-electron chi connectivity index (χ1n) is 6.89. The Balaban J connectivity index is 2.24. The van der Waals surface area contributed by atoms with E-state index in [0.29, 0.717) is 22.8 Å². The van der Waals surface area contributed by atoms with Gasteiger partial charge in [0.25, 0.3) is 5.91 Å². The van der Waals surface area contributed by atoms with Crippen LogP contribution in [0.3, 0.4) is 0 Å². The predicted molar refractivity (Wildman–Crippen MR) is 77.2 cm³/mol. The maximum Gasteiger partial charge on any atom is 0.251 e. The van der Waals surface area contributed by atoms with Gasteiger partial charge in [-0.2, -0.15) is 0 Å². The molecule has 0 spiro atoms.